The van der Waals surface area contributed by atoms with Crippen LogP contribution >= 0.6 is 0 Å². The van der Waals surface area contributed by atoms with Crippen molar-refractivity contribution in [3.8, 4) is 0 Å². The summed E-state index contributed by atoms with van der Waals surface area (Å²) in [4.78, 5) is 39.3. The molecule has 0 radical (unpaired) electrons. The topological polar surface area (TPSA) is 85.1 Å². The Kier molecular flexibility index (Phi) is 4.20. The molecule has 1 aromatic carbocycles. The van der Waals surface area contributed by atoms with Crippen LogP contribution in [0.25, 0.3) is 11.0 Å². The average molecular weight is 351 g/mol. The molecule has 4 rings (SSSR count). The fourth-order valence-electron chi connectivity index (χ4n) is 3.36. The van der Waals surface area contributed by atoms with Crippen molar-refractivity contribution in [2.24, 2.45) is 0 Å². The van der Waals surface area contributed by atoms with Gasteiger partial charge in [0.25, 0.3) is 5.91 Å². The number of hydrogen-bond acceptors (Lipinski definition) is 3. The van der Waals surface area contributed by atoms with Gasteiger partial charge in [0.05, 0.1) is 17.5 Å². The van der Waals surface area contributed by atoms with E-state index >= 15 is 0 Å². The van der Waals surface area contributed by atoms with E-state index in [9.17, 15) is 9.59 Å². The first-order valence-corrected chi connectivity index (χ1v) is 8.76. The quantitative estimate of drug-likeness (QED) is 0.753. The summed E-state index contributed by atoms with van der Waals surface area (Å²) in [5, 5.41) is 0. The van der Waals surface area contributed by atoms with Crippen molar-refractivity contribution < 1.29 is 9.59 Å². The Bertz CT molecular complexity index is 936. The van der Waals surface area contributed by atoms with Crippen LogP contribution < -0.4 is 0 Å². The standard InChI is InChI=1S/C19H21N5O2/c1-13-21-16-5-4-14(11-17(16)22-13)19(26)24-9-7-23(8-10-24)18(25)12-15-3-2-6-20-15/h2-6,11,20H,7-10,12H2,1H3,(H,21,22). The van der Waals surface area contributed by atoms with Gasteiger partial charge in [-0.25, -0.2) is 4.98 Å². The number of hydrogen-bond donors (Lipinski definition) is 2. The number of amides is 2. The van der Waals surface area contributed by atoms with E-state index in [4.69, 9.17) is 0 Å². The third-order valence-electron chi connectivity index (χ3n) is 4.77. The van der Waals surface area contributed by atoms with E-state index < -0.39 is 0 Å². The third kappa shape index (κ3) is 3.20. The molecule has 26 heavy (non-hydrogen) atoms. The van der Waals surface area contributed by atoms with E-state index in [-0.39, 0.29) is 11.8 Å². The lowest BCUT2D eigenvalue weighted by Crippen LogP contribution is -2.51. The monoisotopic (exact) mass is 351 g/mol. The number of aryl methyl sites for hydroxylation is 1. The summed E-state index contributed by atoms with van der Waals surface area (Å²) in [5.41, 5.74) is 3.29. The average Bonchev–Trinajstić information content (AvgIpc) is 3.28. The minimum atomic E-state index is -0.00406. The molecule has 134 valence electrons. The number of rotatable bonds is 3. The maximum absolute atomic E-state index is 12.8. The summed E-state index contributed by atoms with van der Waals surface area (Å²) in [6.07, 6.45) is 2.19. The first-order chi connectivity index (χ1) is 12.6. The van der Waals surface area contributed by atoms with Gasteiger partial charge in [-0.1, -0.05) is 0 Å². The molecule has 2 N–H and O–H groups in total. The van der Waals surface area contributed by atoms with Crippen molar-refractivity contribution in [2.75, 3.05) is 26.2 Å². The predicted molar refractivity (Wildman–Crippen MR) is 97.8 cm³/mol. The Morgan fingerprint density at radius 3 is 2.62 bits per heavy atom. The zero-order valence-electron chi connectivity index (χ0n) is 14.7. The van der Waals surface area contributed by atoms with Gasteiger partial charge in [-0.05, 0) is 37.3 Å². The second kappa shape index (κ2) is 6.67. The number of H-pyrrole nitrogens is 2. The van der Waals surface area contributed by atoms with Crippen LogP contribution in [-0.2, 0) is 11.2 Å². The van der Waals surface area contributed by atoms with Crippen LogP contribution in [0.4, 0.5) is 0 Å². The molecule has 2 aromatic heterocycles. The molecule has 0 spiro atoms. The highest BCUT2D eigenvalue weighted by molar-refractivity contribution is 5.97. The van der Waals surface area contributed by atoms with Crippen molar-refractivity contribution in [3.63, 3.8) is 0 Å². The van der Waals surface area contributed by atoms with Gasteiger partial charge in [-0.15, -0.1) is 0 Å². The Balaban J connectivity index is 1.38. The lowest BCUT2D eigenvalue weighted by atomic mass is 10.1. The molecule has 3 aromatic rings. The van der Waals surface area contributed by atoms with Crippen LogP contribution in [0.15, 0.2) is 36.5 Å². The molecule has 1 aliphatic rings. The summed E-state index contributed by atoms with van der Waals surface area (Å²) >= 11 is 0. The van der Waals surface area contributed by atoms with Gasteiger partial charge >= 0.3 is 0 Å². The molecule has 1 fully saturated rings. The Labute approximate surface area is 151 Å². The third-order valence-corrected chi connectivity index (χ3v) is 4.77. The van der Waals surface area contributed by atoms with E-state index in [1.807, 2.05) is 53.3 Å². The molecule has 0 aliphatic carbocycles. The molecule has 3 heterocycles. The first-order valence-electron chi connectivity index (χ1n) is 8.76. The maximum atomic E-state index is 12.8. The highest BCUT2D eigenvalue weighted by Crippen LogP contribution is 2.16. The zero-order chi connectivity index (χ0) is 18.1. The lowest BCUT2D eigenvalue weighted by molar-refractivity contribution is -0.132. The van der Waals surface area contributed by atoms with Crippen molar-refractivity contribution in [2.45, 2.75) is 13.3 Å². The molecule has 0 bridgehead atoms. The van der Waals surface area contributed by atoms with Crippen molar-refractivity contribution in [1.82, 2.24) is 24.8 Å². The highest BCUT2D eigenvalue weighted by Gasteiger charge is 2.25. The fraction of sp³-hybridized carbons (Fsp3) is 0.316. The largest absolute Gasteiger partial charge is 0.365 e. The van der Waals surface area contributed by atoms with Crippen LogP contribution in [-0.4, -0.2) is 62.7 Å². The molecule has 0 unspecified atom stereocenters. The van der Waals surface area contributed by atoms with Crippen LogP contribution in [0.2, 0.25) is 0 Å². The number of nitrogens with one attached hydrogen (secondary N) is 2. The zero-order valence-corrected chi connectivity index (χ0v) is 14.7. The van der Waals surface area contributed by atoms with Crippen LogP contribution in [0.1, 0.15) is 21.9 Å². The van der Waals surface area contributed by atoms with E-state index in [0.29, 0.717) is 38.2 Å². The smallest absolute Gasteiger partial charge is 0.254 e. The van der Waals surface area contributed by atoms with Gasteiger partial charge in [0.15, 0.2) is 0 Å². The summed E-state index contributed by atoms with van der Waals surface area (Å²) in [6.45, 7) is 4.13. The molecule has 1 aliphatic heterocycles. The van der Waals surface area contributed by atoms with Crippen LogP contribution in [0.5, 0.6) is 0 Å². The number of aromatic nitrogens is 3. The van der Waals surface area contributed by atoms with Gasteiger partial charge < -0.3 is 19.8 Å². The second-order valence-corrected chi connectivity index (χ2v) is 6.60. The van der Waals surface area contributed by atoms with Gasteiger partial charge in [-0.3, -0.25) is 9.59 Å². The number of carbonyl (C=O) groups is 2. The van der Waals surface area contributed by atoms with E-state index in [0.717, 1.165) is 22.6 Å². The molecule has 0 atom stereocenters. The molecule has 7 nitrogen and oxygen atoms in total. The Hall–Kier alpha value is -3.09. The number of nitrogens with zero attached hydrogens (tertiary/aromatic N) is 3. The van der Waals surface area contributed by atoms with Crippen LogP contribution in [0.3, 0.4) is 0 Å². The minimum absolute atomic E-state index is 0.00406. The van der Waals surface area contributed by atoms with Crippen molar-refractivity contribution in [1.29, 1.82) is 0 Å². The number of fused-ring (bicyclic) bond motifs is 1. The van der Waals surface area contributed by atoms with E-state index in [2.05, 4.69) is 15.0 Å². The molecular weight excluding hydrogens is 330 g/mol. The Morgan fingerprint density at radius 1 is 1.12 bits per heavy atom. The number of benzene rings is 1. The summed E-state index contributed by atoms with van der Waals surface area (Å²) in [6, 6.07) is 9.32. The van der Waals surface area contributed by atoms with Crippen molar-refractivity contribution >= 4 is 22.8 Å². The van der Waals surface area contributed by atoms with Gasteiger partial charge in [0, 0.05) is 43.6 Å². The molecular formula is C19H21N5O2. The van der Waals surface area contributed by atoms with Crippen molar-refractivity contribution in [3.05, 3.63) is 53.6 Å². The number of carbonyl (C=O) groups excluding carboxylic acids is 2. The Morgan fingerprint density at radius 2 is 1.88 bits per heavy atom. The van der Waals surface area contributed by atoms with E-state index in [1.54, 1.807) is 0 Å². The van der Waals surface area contributed by atoms with Gasteiger partial charge in [0.1, 0.15) is 5.82 Å². The minimum Gasteiger partial charge on any atom is -0.365 e. The predicted octanol–water partition coefficient (Wildman–Crippen LogP) is 1.73. The van der Waals surface area contributed by atoms with Gasteiger partial charge in [-0.2, -0.15) is 0 Å². The normalized spacial score (nSPS) is 14.8. The molecule has 2 amide bonds. The highest BCUT2D eigenvalue weighted by atomic mass is 16.2. The SMILES string of the molecule is Cc1nc2ccc(C(=O)N3CCN(C(=O)Cc4ccc[nH]4)CC3)cc2[nH]1. The number of aromatic amines is 2. The number of imidazole rings is 1. The molecule has 1 saturated heterocycles. The molecule has 0 saturated carbocycles. The first kappa shape index (κ1) is 16.4. The maximum Gasteiger partial charge on any atom is 0.254 e. The van der Waals surface area contributed by atoms with E-state index in [1.165, 1.54) is 0 Å². The number of piperazine rings is 1. The summed E-state index contributed by atoms with van der Waals surface area (Å²) < 4.78 is 0. The summed E-state index contributed by atoms with van der Waals surface area (Å²) in [7, 11) is 0. The fourth-order valence-corrected chi connectivity index (χ4v) is 3.36. The molecule has 7 heteroatoms. The van der Waals surface area contributed by atoms with Gasteiger partial charge in [0.2, 0.25) is 5.91 Å². The van der Waals surface area contributed by atoms with Crippen LogP contribution in [0, 0.1) is 6.92 Å². The lowest BCUT2D eigenvalue weighted by Gasteiger charge is -2.34. The second-order valence-electron chi connectivity index (χ2n) is 6.60. The summed E-state index contributed by atoms with van der Waals surface area (Å²) in [5.74, 6) is 0.920.